The molecule has 2 amide bonds. The highest BCUT2D eigenvalue weighted by Gasteiger charge is 2.24. The number of Topliss-reactive ketones (excluding diaryl/α,β-unsaturated/α-hetero) is 1. The van der Waals surface area contributed by atoms with Crippen LogP contribution in [0, 0.1) is 5.92 Å². The summed E-state index contributed by atoms with van der Waals surface area (Å²) in [6, 6.07) is 15.5. The number of rotatable bonds is 11. The molecule has 5 rings (SSSR count). The molecule has 1 unspecified atom stereocenters. The first-order valence-corrected chi connectivity index (χ1v) is 15.7. The van der Waals surface area contributed by atoms with E-state index in [2.05, 4.69) is 47.3 Å². The van der Waals surface area contributed by atoms with E-state index in [1.165, 1.54) is 11.1 Å². The second-order valence-electron chi connectivity index (χ2n) is 11.7. The SMILES string of the molecule is CCCN(CCC)C(=O)C1=Cc2ccc(C(=O)Nc3cncc(CCC(=O)C4CCc5ccccc5C4)c3)cc2N=C(N)C1. The summed E-state index contributed by atoms with van der Waals surface area (Å²) in [6.07, 6.45) is 10.9. The Morgan fingerprint density at radius 1 is 1.00 bits per heavy atom. The van der Waals surface area contributed by atoms with Gasteiger partial charge in [-0.15, -0.1) is 0 Å². The van der Waals surface area contributed by atoms with Gasteiger partial charge in [0.15, 0.2) is 0 Å². The number of aromatic nitrogens is 1. The summed E-state index contributed by atoms with van der Waals surface area (Å²) in [4.78, 5) is 50.2. The smallest absolute Gasteiger partial charge is 0.255 e. The van der Waals surface area contributed by atoms with Crippen LogP contribution in [-0.2, 0) is 28.9 Å². The Morgan fingerprint density at radius 3 is 2.55 bits per heavy atom. The van der Waals surface area contributed by atoms with Gasteiger partial charge in [0.1, 0.15) is 11.6 Å². The maximum absolute atomic E-state index is 13.3. The van der Waals surface area contributed by atoms with Crippen LogP contribution in [-0.4, -0.2) is 46.4 Å². The van der Waals surface area contributed by atoms with E-state index < -0.39 is 0 Å². The Hall–Kier alpha value is -4.59. The molecule has 1 aliphatic carbocycles. The predicted molar refractivity (Wildman–Crippen MR) is 175 cm³/mol. The number of amidine groups is 1. The minimum Gasteiger partial charge on any atom is -0.387 e. The number of nitrogens with two attached hydrogens (primary N) is 1. The lowest BCUT2D eigenvalue weighted by atomic mass is 9.80. The average molecular weight is 592 g/mol. The number of amides is 2. The fourth-order valence-corrected chi connectivity index (χ4v) is 6.07. The van der Waals surface area contributed by atoms with Crippen molar-refractivity contribution >= 4 is 40.9 Å². The number of aliphatic imine (C=N–C) groups is 1. The van der Waals surface area contributed by atoms with E-state index >= 15 is 0 Å². The number of nitrogens with one attached hydrogen (secondary N) is 1. The Balaban J connectivity index is 1.23. The first kappa shape index (κ1) is 30.9. The number of hydrogen-bond acceptors (Lipinski definition) is 6. The normalized spacial score (nSPS) is 15.6. The summed E-state index contributed by atoms with van der Waals surface area (Å²) in [5.41, 5.74) is 12.6. The van der Waals surface area contributed by atoms with Gasteiger partial charge in [0, 0.05) is 54.7 Å². The summed E-state index contributed by atoms with van der Waals surface area (Å²) < 4.78 is 0. The number of carbonyl (C=O) groups excluding carboxylic acids is 3. The fraction of sp³-hybridized carbons (Fsp3) is 0.361. The van der Waals surface area contributed by atoms with Crippen LogP contribution in [0.2, 0.25) is 0 Å². The first-order valence-electron chi connectivity index (χ1n) is 15.7. The Morgan fingerprint density at radius 2 is 1.77 bits per heavy atom. The number of anilines is 1. The third-order valence-electron chi connectivity index (χ3n) is 8.32. The quantitative estimate of drug-likeness (QED) is 0.281. The molecular weight excluding hydrogens is 550 g/mol. The van der Waals surface area contributed by atoms with Crippen LogP contribution in [0.25, 0.3) is 6.08 Å². The van der Waals surface area contributed by atoms with Gasteiger partial charge in [0.25, 0.3) is 5.91 Å². The number of fused-ring (bicyclic) bond motifs is 2. The van der Waals surface area contributed by atoms with E-state index in [-0.39, 0.29) is 29.9 Å². The molecule has 0 bridgehead atoms. The number of nitrogens with zero attached hydrogens (tertiary/aromatic N) is 3. The number of ketones is 1. The van der Waals surface area contributed by atoms with E-state index in [0.29, 0.717) is 54.3 Å². The Bertz CT molecular complexity index is 1600. The van der Waals surface area contributed by atoms with E-state index in [9.17, 15) is 14.4 Å². The topological polar surface area (TPSA) is 118 Å². The van der Waals surface area contributed by atoms with Crippen molar-refractivity contribution in [3.05, 3.63) is 94.3 Å². The summed E-state index contributed by atoms with van der Waals surface area (Å²) in [5, 5.41) is 2.92. The van der Waals surface area contributed by atoms with Crippen molar-refractivity contribution in [1.29, 1.82) is 0 Å². The monoisotopic (exact) mass is 591 g/mol. The summed E-state index contributed by atoms with van der Waals surface area (Å²) in [5.74, 6) is 0.332. The van der Waals surface area contributed by atoms with Crippen LogP contribution in [0.5, 0.6) is 0 Å². The Labute approximate surface area is 259 Å². The number of hydrogen-bond donors (Lipinski definition) is 2. The van der Waals surface area contributed by atoms with Gasteiger partial charge in [-0.1, -0.05) is 44.2 Å². The van der Waals surface area contributed by atoms with Gasteiger partial charge in [0.05, 0.1) is 17.6 Å². The van der Waals surface area contributed by atoms with Crippen molar-refractivity contribution in [3.8, 4) is 0 Å². The molecule has 0 spiro atoms. The first-order chi connectivity index (χ1) is 21.3. The number of benzene rings is 2. The van der Waals surface area contributed by atoms with Gasteiger partial charge in [0.2, 0.25) is 5.91 Å². The molecule has 3 N–H and O–H groups in total. The molecule has 8 nitrogen and oxygen atoms in total. The minimum absolute atomic E-state index is 0.0281. The third kappa shape index (κ3) is 7.48. The lowest BCUT2D eigenvalue weighted by molar-refractivity contribution is -0.127. The van der Waals surface area contributed by atoms with Crippen LogP contribution in [0.3, 0.4) is 0 Å². The van der Waals surface area contributed by atoms with Gasteiger partial charge >= 0.3 is 0 Å². The Kier molecular flexibility index (Phi) is 10.00. The van der Waals surface area contributed by atoms with Crippen LogP contribution >= 0.6 is 0 Å². The van der Waals surface area contributed by atoms with Crippen LogP contribution in [0.4, 0.5) is 11.4 Å². The number of carbonyl (C=O) groups is 3. The molecule has 3 aromatic rings. The molecule has 1 aromatic heterocycles. The molecule has 44 heavy (non-hydrogen) atoms. The maximum atomic E-state index is 13.3. The number of aryl methyl sites for hydroxylation is 2. The summed E-state index contributed by atoms with van der Waals surface area (Å²) >= 11 is 0. The van der Waals surface area contributed by atoms with Crippen LogP contribution < -0.4 is 11.1 Å². The lowest BCUT2D eigenvalue weighted by Crippen LogP contribution is -2.34. The maximum Gasteiger partial charge on any atom is 0.255 e. The minimum atomic E-state index is -0.306. The standard InChI is InChI=1S/C36H41N5O3/c1-3-15-41(16-4-2)36(44)30-19-27-11-13-29(20-32(27)40-34(37)21-30)35(43)39-31-17-24(22-38-23-31)9-14-33(42)28-12-10-25-7-5-6-8-26(25)18-28/h5-8,11,13,17,19-20,22-23,28H,3-4,9-10,12,14-16,18,21H2,1-2H3,(H2,37,40)(H,39,43). The highest BCUT2D eigenvalue weighted by atomic mass is 16.2. The van der Waals surface area contributed by atoms with Crippen molar-refractivity contribution < 1.29 is 14.4 Å². The van der Waals surface area contributed by atoms with Gasteiger partial charge < -0.3 is 16.0 Å². The van der Waals surface area contributed by atoms with E-state index in [0.717, 1.165) is 43.2 Å². The van der Waals surface area contributed by atoms with Crippen LogP contribution in [0.15, 0.2) is 71.5 Å². The summed E-state index contributed by atoms with van der Waals surface area (Å²) in [6.45, 7) is 5.49. The van der Waals surface area contributed by atoms with Crippen molar-refractivity contribution in [1.82, 2.24) is 9.88 Å². The van der Waals surface area contributed by atoms with E-state index in [1.54, 1.807) is 30.6 Å². The highest BCUT2D eigenvalue weighted by molar-refractivity contribution is 6.08. The molecule has 0 radical (unpaired) electrons. The highest BCUT2D eigenvalue weighted by Crippen LogP contribution is 2.30. The molecule has 1 aliphatic heterocycles. The molecule has 0 saturated carbocycles. The zero-order valence-electron chi connectivity index (χ0n) is 25.6. The zero-order chi connectivity index (χ0) is 31.1. The summed E-state index contributed by atoms with van der Waals surface area (Å²) in [7, 11) is 0. The molecular formula is C36H41N5O3. The molecule has 0 fully saturated rings. The van der Waals surface area contributed by atoms with Crippen LogP contribution in [0.1, 0.15) is 78.6 Å². The molecule has 2 aliphatic rings. The van der Waals surface area contributed by atoms with E-state index in [1.807, 2.05) is 23.1 Å². The second-order valence-corrected chi connectivity index (χ2v) is 11.7. The van der Waals surface area contributed by atoms with Crippen molar-refractivity contribution in [2.75, 3.05) is 18.4 Å². The van der Waals surface area contributed by atoms with E-state index in [4.69, 9.17) is 5.73 Å². The van der Waals surface area contributed by atoms with Crippen molar-refractivity contribution in [2.45, 2.75) is 65.2 Å². The van der Waals surface area contributed by atoms with Crippen molar-refractivity contribution in [3.63, 3.8) is 0 Å². The predicted octanol–water partition coefficient (Wildman–Crippen LogP) is 6.07. The third-order valence-corrected chi connectivity index (χ3v) is 8.32. The second kappa shape index (κ2) is 14.3. The molecule has 2 heterocycles. The molecule has 2 aromatic carbocycles. The average Bonchev–Trinajstić information content (AvgIpc) is 3.20. The molecule has 8 heteroatoms. The molecule has 0 saturated heterocycles. The zero-order valence-corrected chi connectivity index (χ0v) is 25.6. The van der Waals surface area contributed by atoms with Gasteiger partial charge in [-0.3, -0.25) is 19.4 Å². The number of pyridine rings is 1. The molecule has 228 valence electrons. The largest absolute Gasteiger partial charge is 0.387 e. The van der Waals surface area contributed by atoms with Gasteiger partial charge in [-0.25, -0.2) is 4.99 Å². The van der Waals surface area contributed by atoms with Crippen molar-refractivity contribution in [2.24, 2.45) is 16.6 Å². The van der Waals surface area contributed by atoms with Gasteiger partial charge in [-0.2, -0.15) is 0 Å². The fourth-order valence-electron chi connectivity index (χ4n) is 6.07. The lowest BCUT2D eigenvalue weighted by Gasteiger charge is -2.23. The van der Waals surface area contributed by atoms with Gasteiger partial charge in [-0.05, 0) is 79.5 Å². The molecule has 1 atom stereocenters.